The Morgan fingerprint density at radius 1 is 0.644 bits per heavy atom. The Bertz CT molecular complexity index is 1740. The van der Waals surface area contributed by atoms with E-state index in [4.69, 9.17) is 21.7 Å². The van der Waals surface area contributed by atoms with Crippen molar-refractivity contribution in [3.8, 4) is 0 Å². The van der Waals surface area contributed by atoms with E-state index in [-0.39, 0.29) is 0 Å². The number of nitrogen functional groups attached to an aromatic ring is 2. The molecule has 0 aliphatic rings. The number of carbonyl (C=O) groups is 2. The minimum atomic E-state index is -1.31. The summed E-state index contributed by atoms with van der Waals surface area (Å²) >= 11 is 0. The molecule has 0 spiro atoms. The van der Waals surface area contributed by atoms with Crippen molar-refractivity contribution in [2.24, 2.45) is 0 Å². The summed E-state index contributed by atoms with van der Waals surface area (Å²) in [5, 5.41) is 15.4. The Balaban J connectivity index is 0.000000170. The fraction of sp³-hybridized carbons (Fsp3) is 0.200. The maximum absolute atomic E-state index is 9.43. The van der Waals surface area contributed by atoms with Gasteiger partial charge in [0.2, 0.25) is 0 Å². The van der Waals surface area contributed by atoms with Gasteiger partial charge in [0, 0.05) is 24.8 Å². The van der Waals surface area contributed by atoms with Crippen LogP contribution in [-0.4, -0.2) is 40.9 Å². The second-order valence-corrected chi connectivity index (χ2v) is 10.6. The van der Waals surface area contributed by atoms with Gasteiger partial charge in [-0.05, 0) is 73.9 Å². The van der Waals surface area contributed by atoms with Crippen molar-refractivity contribution >= 4 is 34.6 Å². The van der Waals surface area contributed by atoms with Gasteiger partial charge in [0.1, 0.15) is 18.1 Å². The van der Waals surface area contributed by atoms with E-state index >= 15 is 0 Å². The number of hydrogen-bond donors (Lipinski definition) is 4. The molecule has 0 atom stereocenters. The lowest BCUT2D eigenvalue weighted by atomic mass is 10.1. The highest BCUT2D eigenvalue weighted by molar-refractivity contribution is 5.88. The van der Waals surface area contributed by atoms with E-state index in [1.54, 1.807) is 0 Å². The molecule has 4 aromatic heterocycles. The van der Waals surface area contributed by atoms with Gasteiger partial charge >= 0.3 is 11.9 Å². The topological polar surface area (TPSA) is 161 Å². The Hall–Kier alpha value is -5.64. The molecule has 2 aromatic carbocycles. The first-order chi connectivity index (χ1) is 21.6. The third-order valence-electron chi connectivity index (χ3n) is 7.33. The quantitative estimate of drug-likeness (QED) is 0.164. The van der Waals surface area contributed by atoms with Crippen LogP contribution in [0.15, 0.2) is 97.6 Å². The fourth-order valence-electron chi connectivity index (χ4n) is 4.94. The summed E-state index contributed by atoms with van der Waals surface area (Å²) < 4.78 is 4.03. The van der Waals surface area contributed by atoms with Gasteiger partial charge in [-0.3, -0.25) is 19.6 Å². The summed E-state index contributed by atoms with van der Waals surface area (Å²) in [5.74, 6) is -1.02. The molecule has 4 heterocycles. The van der Waals surface area contributed by atoms with Crippen LogP contribution < -0.4 is 11.5 Å². The van der Waals surface area contributed by atoms with E-state index in [1.807, 2.05) is 59.6 Å². The third kappa shape index (κ3) is 8.70. The number of hydrogen-bond acceptors (Lipinski definition) is 6. The van der Waals surface area contributed by atoms with E-state index in [0.717, 1.165) is 70.9 Å². The molecule has 6 N–H and O–H groups in total. The monoisotopic (exact) mass is 606 g/mol. The van der Waals surface area contributed by atoms with Crippen LogP contribution in [-0.2, 0) is 35.3 Å². The number of carboxylic acids is 2. The summed E-state index contributed by atoms with van der Waals surface area (Å²) in [7, 11) is 0. The van der Waals surface area contributed by atoms with Gasteiger partial charge in [0.05, 0.1) is 22.4 Å². The second kappa shape index (κ2) is 15.2. The predicted molar refractivity (Wildman–Crippen MR) is 176 cm³/mol. The van der Waals surface area contributed by atoms with Gasteiger partial charge in [-0.15, -0.1) is 0 Å². The number of nitrogens with two attached hydrogens (primary N) is 2. The van der Waals surface area contributed by atoms with E-state index in [9.17, 15) is 9.59 Å². The lowest BCUT2D eigenvalue weighted by molar-refractivity contribution is -0.147. The zero-order valence-electron chi connectivity index (χ0n) is 25.4. The van der Waals surface area contributed by atoms with Crippen molar-refractivity contribution in [2.75, 3.05) is 11.5 Å². The molecule has 0 bridgehead atoms. The summed E-state index contributed by atoms with van der Waals surface area (Å²) in [4.78, 5) is 27.9. The Morgan fingerprint density at radius 3 is 1.36 bits per heavy atom. The molecule has 0 aliphatic carbocycles. The Labute approximate surface area is 261 Å². The zero-order chi connectivity index (χ0) is 32.3. The molecule has 0 radical (unpaired) electrons. The molecule has 0 saturated heterocycles. The van der Waals surface area contributed by atoms with Crippen molar-refractivity contribution in [3.05, 3.63) is 131 Å². The van der Waals surface area contributed by atoms with Crippen LogP contribution in [0.5, 0.6) is 0 Å². The first-order valence-electron chi connectivity index (χ1n) is 14.6. The van der Waals surface area contributed by atoms with Gasteiger partial charge in [-0.2, -0.15) is 0 Å². The van der Waals surface area contributed by atoms with Crippen LogP contribution in [0.4, 0.5) is 11.6 Å². The number of rotatable bonds is 8. The van der Waals surface area contributed by atoms with Crippen LogP contribution in [0.3, 0.4) is 0 Å². The highest BCUT2D eigenvalue weighted by Gasteiger charge is 2.09. The van der Waals surface area contributed by atoms with Gasteiger partial charge in [0.15, 0.2) is 0 Å². The van der Waals surface area contributed by atoms with Crippen LogP contribution in [0.25, 0.3) is 11.0 Å². The summed E-state index contributed by atoms with van der Waals surface area (Å²) in [5.41, 5.74) is 21.4. The Kier molecular flexibility index (Phi) is 10.9. The number of carboxylic acid groups (broad SMARTS) is 2. The number of fused-ring (bicyclic) bond motifs is 2. The molecular formula is C35H38N6O4. The normalized spacial score (nSPS) is 10.5. The van der Waals surface area contributed by atoms with Crippen molar-refractivity contribution in [2.45, 2.75) is 46.0 Å². The zero-order valence-corrected chi connectivity index (χ0v) is 25.4. The molecule has 6 aromatic rings. The molecule has 6 rings (SSSR count). The van der Waals surface area contributed by atoms with Gasteiger partial charge < -0.3 is 30.5 Å². The molecule has 0 aliphatic heterocycles. The number of benzene rings is 2. The molecule has 0 unspecified atom stereocenters. The number of aryl methyl sites for hydroxylation is 6. The van der Waals surface area contributed by atoms with Crippen LogP contribution in [0.2, 0.25) is 0 Å². The molecule has 10 nitrogen and oxygen atoms in total. The maximum atomic E-state index is 9.43. The molecule has 232 valence electrons. The van der Waals surface area contributed by atoms with Crippen LogP contribution in [0, 0.1) is 13.8 Å². The molecule has 45 heavy (non-hydrogen) atoms. The minimum absolute atomic E-state index is 0.804. The predicted octanol–water partition coefficient (Wildman–Crippen LogP) is 5.57. The van der Waals surface area contributed by atoms with Crippen molar-refractivity contribution in [1.82, 2.24) is 18.8 Å². The van der Waals surface area contributed by atoms with Gasteiger partial charge in [-0.25, -0.2) is 0 Å². The number of anilines is 2. The maximum Gasteiger partial charge on any atom is 0.314 e. The average Bonchev–Trinajstić information content (AvgIpc) is 3.50. The molecule has 0 fully saturated rings. The highest BCUT2D eigenvalue weighted by atomic mass is 16.4. The van der Waals surface area contributed by atoms with Crippen molar-refractivity contribution in [1.29, 1.82) is 0 Å². The summed E-state index contributed by atoms with van der Waals surface area (Å²) in [6, 6.07) is 25.2. The highest BCUT2D eigenvalue weighted by Crippen LogP contribution is 2.22. The molecule has 0 saturated carbocycles. The largest absolute Gasteiger partial charge is 0.481 e. The van der Waals surface area contributed by atoms with E-state index in [1.165, 1.54) is 11.1 Å². The lowest BCUT2D eigenvalue weighted by Crippen LogP contribution is -2.03. The van der Waals surface area contributed by atoms with Crippen molar-refractivity contribution < 1.29 is 19.8 Å². The number of nitrogens with zero attached hydrogens (tertiary/aromatic N) is 4. The van der Waals surface area contributed by atoms with E-state index in [2.05, 4.69) is 70.6 Å². The fourth-order valence-corrected chi connectivity index (χ4v) is 4.94. The lowest BCUT2D eigenvalue weighted by Gasteiger charge is -2.05. The average molecular weight is 607 g/mol. The first-order valence-corrected chi connectivity index (χ1v) is 14.6. The van der Waals surface area contributed by atoms with E-state index in [0.29, 0.717) is 0 Å². The third-order valence-corrected chi connectivity index (χ3v) is 7.33. The molecule has 0 amide bonds. The summed E-state index contributed by atoms with van der Waals surface area (Å²) in [6.07, 6.45) is 10.5. The summed E-state index contributed by atoms with van der Waals surface area (Å²) in [6.45, 7) is 4.06. The standard InChI is InChI=1S/2C16H17N3.C3H4O4/c2*1-12-11-15-14(18-9-10-19(15)16(12)17)8-7-13-5-3-2-4-6-13;4-2(5)1-3(6)7/h2*2-6,9-11H,7-8,17H2,1H3;1H2,(H,4,5)(H,6,7). The van der Waals surface area contributed by atoms with Gasteiger partial charge in [0.25, 0.3) is 0 Å². The Morgan fingerprint density at radius 2 is 1.02 bits per heavy atom. The first kappa shape index (κ1) is 32.3. The molecule has 10 heteroatoms. The van der Waals surface area contributed by atoms with Gasteiger partial charge in [-0.1, -0.05) is 60.7 Å². The smallest absolute Gasteiger partial charge is 0.314 e. The van der Waals surface area contributed by atoms with Crippen LogP contribution >= 0.6 is 0 Å². The van der Waals surface area contributed by atoms with Crippen molar-refractivity contribution in [3.63, 3.8) is 0 Å². The van der Waals surface area contributed by atoms with E-state index < -0.39 is 18.4 Å². The number of aliphatic carboxylic acids is 2. The number of aromatic nitrogens is 4. The SMILES string of the molecule is Cc1cc2c(CCc3ccccc3)nccn2c1N.Cc1cc2c(CCc3ccccc3)nccn2c1N.O=C(O)CC(=O)O. The van der Waals surface area contributed by atoms with Crippen LogP contribution in [0.1, 0.15) is 40.1 Å². The molecular weight excluding hydrogens is 568 g/mol. The minimum Gasteiger partial charge on any atom is -0.481 e. The second-order valence-electron chi connectivity index (χ2n) is 10.6.